The van der Waals surface area contributed by atoms with Crippen LogP contribution in [-0.4, -0.2) is 27.0 Å². The molecule has 0 radical (unpaired) electrons. The smallest absolute Gasteiger partial charge is 0.409 e. The van der Waals surface area contributed by atoms with E-state index >= 15 is 0 Å². The maximum atomic E-state index is 12.4. The van der Waals surface area contributed by atoms with E-state index in [0.29, 0.717) is 6.54 Å². The number of amides is 2. The molecular formula is C19H23N3O5S. The second kappa shape index (κ2) is 9.86. The van der Waals surface area contributed by atoms with Crippen LogP contribution in [0.4, 0.5) is 4.79 Å². The summed E-state index contributed by atoms with van der Waals surface area (Å²) in [6, 6.07) is 12.2. The third kappa shape index (κ3) is 6.07. The molecule has 0 bridgehead atoms. The first-order valence-electron chi connectivity index (χ1n) is 8.77. The molecule has 0 aliphatic heterocycles. The Bertz CT molecular complexity index is 927. The molecule has 0 saturated heterocycles. The maximum Gasteiger partial charge on any atom is 0.412 e. The fraction of sp³-hybridized carbons (Fsp3) is 0.263. The lowest BCUT2D eigenvalue weighted by molar-refractivity contribution is 0.0942. The SMILES string of the molecule is CCCCNC(=O)Oc1ccccc1C(=O)NNS(=O)(=O)c1ccc(C)cc1. The summed E-state index contributed by atoms with van der Waals surface area (Å²) in [5.41, 5.74) is 3.05. The van der Waals surface area contributed by atoms with Crippen molar-refractivity contribution in [2.24, 2.45) is 0 Å². The van der Waals surface area contributed by atoms with Crippen LogP contribution in [0, 0.1) is 6.92 Å². The lowest BCUT2D eigenvalue weighted by Gasteiger charge is -2.12. The molecule has 2 amide bonds. The van der Waals surface area contributed by atoms with Gasteiger partial charge in [0.25, 0.3) is 15.9 Å². The van der Waals surface area contributed by atoms with E-state index in [1.54, 1.807) is 24.3 Å². The van der Waals surface area contributed by atoms with Gasteiger partial charge in [-0.25, -0.2) is 13.2 Å². The molecule has 28 heavy (non-hydrogen) atoms. The Balaban J connectivity index is 2.04. The third-order valence-corrected chi connectivity index (χ3v) is 5.03. The van der Waals surface area contributed by atoms with E-state index in [9.17, 15) is 18.0 Å². The molecule has 2 aromatic rings. The minimum atomic E-state index is -3.93. The number of hydrogen-bond donors (Lipinski definition) is 3. The van der Waals surface area contributed by atoms with E-state index in [1.807, 2.05) is 18.7 Å². The van der Waals surface area contributed by atoms with Gasteiger partial charge in [0.2, 0.25) is 0 Å². The Morgan fingerprint density at radius 1 is 1.04 bits per heavy atom. The molecule has 150 valence electrons. The van der Waals surface area contributed by atoms with Crippen LogP contribution in [0.2, 0.25) is 0 Å². The minimum Gasteiger partial charge on any atom is -0.409 e. The molecule has 0 aliphatic carbocycles. The van der Waals surface area contributed by atoms with E-state index < -0.39 is 22.0 Å². The first-order valence-corrected chi connectivity index (χ1v) is 10.3. The molecule has 0 atom stereocenters. The van der Waals surface area contributed by atoms with Gasteiger partial charge < -0.3 is 10.1 Å². The minimum absolute atomic E-state index is 0.0123. The summed E-state index contributed by atoms with van der Waals surface area (Å²) >= 11 is 0. The Morgan fingerprint density at radius 2 is 1.71 bits per heavy atom. The number of ether oxygens (including phenoxy) is 1. The molecule has 0 unspecified atom stereocenters. The van der Waals surface area contributed by atoms with E-state index in [-0.39, 0.29) is 16.2 Å². The molecule has 8 nitrogen and oxygen atoms in total. The Hall–Kier alpha value is -2.91. The number of carbonyl (C=O) groups excluding carboxylic acids is 2. The number of carbonyl (C=O) groups is 2. The highest BCUT2D eigenvalue weighted by atomic mass is 32.2. The van der Waals surface area contributed by atoms with E-state index in [2.05, 4.69) is 10.7 Å². The van der Waals surface area contributed by atoms with Crippen molar-refractivity contribution >= 4 is 22.0 Å². The van der Waals surface area contributed by atoms with Gasteiger partial charge in [-0.15, -0.1) is 4.83 Å². The van der Waals surface area contributed by atoms with Crippen molar-refractivity contribution in [3.8, 4) is 5.75 Å². The zero-order valence-electron chi connectivity index (χ0n) is 15.7. The number of rotatable bonds is 8. The van der Waals surface area contributed by atoms with E-state index in [4.69, 9.17) is 4.74 Å². The summed E-state index contributed by atoms with van der Waals surface area (Å²) in [5, 5.41) is 2.58. The van der Waals surface area contributed by atoms with Crippen LogP contribution in [0.3, 0.4) is 0 Å². The van der Waals surface area contributed by atoms with E-state index in [0.717, 1.165) is 18.4 Å². The second-order valence-corrected chi connectivity index (χ2v) is 7.72. The van der Waals surface area contributed by atoms with Crippen LogP contribution in [0.1, 0.15) is 35.7 Å². The predicted molar refractivity (Wildman–Crippen MR) is 104 cm³/mol. The fourth-order valence-electron chi connectivity index (χ4n) is 2.20. The molecular weight excluding hydrogens is 382 g/mol. The Kier molecular flexibility index (Phi) is 7.53. The highest BCUT2D eigenvalue weighted by Gasteiger charge is 2.18. The quantitative estimate of drug-likeness (QED) is 0.461. The van der Waals surface area contributed by atoms with Crippen LogP contribution in [0.25, 0.3) is 0 Å². The van der Waals surface area contributed by atoms with Crippen molar-refractivity contribution in [2.45, 2.75) is 31.6 Å². The van der Waals surface area contributed by atoms with Crippen LogP contribution < -0.4 is 20.3 Å². The highest BCUT2D eigenvalue weighted by Crippen LogP contribution is 2.18. The average Bonchev–Trinajstić information content (AvgIpc) is 2.67. The fourth-order valence-corrected chi connectivity index (χ4v) is 3.04. The maximum absolute atomic E-state index is 12.4. The lowest BCUT2D eigenvalue weighted by atomic mass is 10.2. The standard InChI is InChI=1S/C19H23N3O5S/c1-3-4-13-20-19(24)27-17-8-6-5-7-16(17)18(23)21-22-28(25,26)15-11-9-14(2)10-12-15/h5-12,22H,3-4,13H2,1-2H3,(H,20,24)(H,21,23). The first kappa shape index (κ1) is 21.4. The number of nitrogens with one attached hydrogen (secondary N) is 3. The largest absolute Gasteiger partial charge is 0.412 e. The summed E-state index contributed by atoms with van der Waals surface area (Å²) in [6.07, 6.45) is 1.03. The predicted octanol–water partition coefficient (Wildman–Crippen LogP) is 2.51. The van der Waals surface area contributed by atoms with Gasteiger partial charge >= 0.3 is 6.09 Å². The molecule has 0 fully saturated rings. The van der Waals surface area contributed by atoms with Crippen molar-refractivity contribution in [1.29, 1.82) is 0 Å². The molecule has 2 aromatic carbocycles. The summed E-state index contributed by atoms with van der Waals surface area (Å²) in [6.45, 7) is 4.28. The normalized spacial score (nSPS) is 10.9. The van der Waals surface area contributed by atoms with Gasteiger partial charge in [0.15, 0.2) is 0 Å². The van der Waals surface area contributed by atoms with Gasteiger partial charge in [0, 0.05) is 6.54 Å². The number of hydrazine groups is 1. The number of aryl methyl sites for hydroxylation is 1. The summed E-state index contributed by atoms with van der Waals surface area (Å²) < 4.78 is 29.7. The van der Waals surface area contributed by atoms with Crippen molar-refractivity contribution in [1.82, 2.24) is 15.6 Å². The van der Waals surface area contributed by atoms with Gasteiger partial charge in [0.1, 0.15) is 5.75 Å². The van der Waals surface area contributed by atoms with Crippen LogP contribution >= 0.6 is 0 Å². The number of hydrogen-bond acceptors (Lipinski definition) is 5. The summed E-state index contributed by atoms with van der Waals surface area (Å²) in [5.74, 6) is -0.740. The van der Waals surface area contributed by atoms with Crippen molar-refractivity contribution in [3.05, 3.63) is 59.7 Å². The molecule has 0 saturated carbocycles. The molecule has 0 heterocycles. The van der Waals surface area contributed by atoms with Crippen molar-refractivity contribution in [2.75, 3.05) is 6.54 Å². The van der Waals surface area contributed by atoms with E-state index in [1.165, 1.54) is 24.3 Å². The third-order valence-electron chi connectivity index (χ3n) is 3.76. The monoisotopic (exact) mass is 405 g/mol. The van der Waals surface area contributed by atoms with Gasteiger partial charge in [-0.1, -0.05) is 43.2 Å². The zero-order valence-corrected chi connectivity index (χ0v) is 16.5. The summed E-state index contributed by atoms with van der Waals surface area (Å²) in [4.78, 5) is 26.2. The topological polar surface area (TPSA) is 114 Å². The molecule has 9 heteroatoms. The van der Waals surface area contributed by atoms with Crippen molar-refractivity contribution < 1.29 is 22.7 Å². The Labute approximate surface area is 164 Å². The number of sulfonamides is 1. The zero-order chi connectivity index (χ0) is 20.6. The molecule has 0 aromatic heterocycles. The molecule has 2 rings (SSSR count). The lowest BCUT2D eigenvalue weighted by Crippen LogP contribution is -2.41. The average molecular weight is 405 g/mol. The number of unbranched alkanes of at least 4 members (excludes halogenated alkanes) is 1. The van der Waals surface area contributed by atoms with Gasteiger partial charge in [-0.05, 0) is 37.6 Å². The first-order chi connectivity index (χ1) is 13.3. The van der Waals surface area contributed by atoms with Gasteiger partial charge in [0.05, 0.1) is 10.5 Å². The number of para-hydroxylation sites is 1. The number of benzene rings is 2. The van der Waals surface area contributed by atoms with Gasteiger partial charge in [-0.2, -0.15) is 0 Å². The highest BCUT2D eigenvalue weighted by molar-refractivity contribution is 7.89. The summed E-state index contributed by atoms with van der Waals surface area (Å²) in [7, 11) is -3.93. The van der Waals surface area contributed by atoms with Crippen LogP contribution in [0.15, 0.2) is 53.4 Å². The Morgan fingerprint density at radius 3 is 2.39 bits per heavy atom. The molecule has 0 spiro atoms. The van der Waals surface area contributed by atoms with Crippen LogP contribution in [-0.2, 0) is 10.0 Å². The molecule has 3 N–H and O–H groups in total. The van der Waals surface area contributed by atoms with Crippen LogP contribution in [0.5, 0.6) is 5.75 Å². The van der Waals surface area contributed by atoms with Crippen molar-refractivity contribution in [3.63, 3.8) is 0 Å². The molecule has 0 aliphatic rings. The van der Waals surface area contributed by atoms with Gasteiger partial charge in [-0.3, -0.25) is 10.2 Å². The second-order valence-electron chi connectivity index (χ2n) is 6.04.